The zero-order valence-corrected chi connectivity index (χ0v) is 18.0. The molecule has 0 unspecified atom stereocenters. The van der Waals surface area contributed by atoms with E-state index in [1.165, 1.54) is 0 Å². The summed E-state index contributed by atoms with van der Waals surface area (Å²) in [5, 5.41) is 60.2. The zero-order chi connectivity index (χ0) is 25.3. The third-order valence-electron chi connectivity index (χ3n) is 5.84. The third-order valence-corrected chi connectivity index (χ3v) is 5.84. The molecule has 0 aliphatic carbocycles. The molecule has 6 N–H and O–H groups in total. The molecule has 1 aliphatic rings. The van der Waals surface area contributed by atoms with Crippen LogP contribution in [0.1, 0.15) is 0 Å². The number of hydrogen-bond acceptors (Lipinski definition) is 14. The Bertz CT molecular complexity index is 1580. The largest absolute Gasteiger partial charge is 0.502 e. The first kappa shape index (κ1) is 22.8. The van der Waals surface area contributed by atoms with Crippen molar-refractivity contribution in [3.63, 3.8) is 0 Å². The number of aromatic hydroxyl groups is 3. The summed E-state index contributed by atoms with van der Waals surface area (Å²) in [4.78, 5) is 25.8. The van der Waals surface area contributed by atoms with Crippen LogP contribution < -0.4 is 25.5 Å². The lowest BCUT2D eigenvalue weighted by molar-refractivity contribution is -0.242. The standard InChI is InChI=1S/C21H18O14/c1-30-14-7-5-6-8(20(29)33-15(5)11(25)10(14)24)17(31-2)18(13(27)16(6)34-19(7)28)35-21-12(26)9(23)4(22)3-32-21/h4,9,12,21-27H,3H2,1-2H3/t4-,9+,12+,21+/m1/s1. The van der Waals surface area contributed by atoms with Gasteiger partial charge in [-0.3, -0.25) is 0 Å². The van der Waals surface area contributed by atoms with E-state index in [1.807, 2.05) is 0 Å². The average Bonchev–Trinajstić information content (AvgIpc) is 2.83. The zero-order valence-electron chi connectivity index (χ0n) is 18.0. The molecule has 4 atom stereocenters. The van der Waals surface area contributed by atoms with E-state index >= 15 is 0 Å². The SMILES string of the molecule is COc1c(O)c(O)c2oc(=O)c3c(OC)c(O[C@@H]4OC[C@@H](O)[C@H](O)[C@@H]4O)c(O)c4oc(=O)c1c2c43. The van der Waals surface area contributed by atoms with Crippen LogP contribution in [0.5, 0.6) is 34.5 Å². The van der Waals surface area contributed by atoms with Gasteiger partial charge in [-0.1, -0.05) is 0 Å². The first-order valence-electron chi connectivity index (χ1n) is 10.0. The minimum Gasteiger partial charge on any atom is -0.502 e. The Hall–Kier alpha value is -3.98. The van der Waals surface area contributed by atoms with Crippen molar-refractivity contribution >= 4 is 32.7 Å². The van der Waals surface area contributed by atoms with E-state index in [-0.39, 0.29) is 10.8 Å². The van der Waals surface area contributed by atoms with Crippen LogP contribution in [0.25, 0.3) is 32.7 Å². The summed E-state index contributed by atoms with van der Waals surface area (Å²) in [7, 11) is 2.24. The fraction of sp³-hybridized carbons (Fsp3) is 0.333. The third kappa shape index (κ3) is 2.97. The molecule has 14 heteroatoms. The Morgan fingerprint density at radius 3 is 1.83 bits per heavy atom. The Morgan fingerprint density at radius 1 is 0.714 bits per heavy atom. The molecule has 35 heavy (non-hydrogen) atoms. The predicted molar refractivity (Wildman–Crippen MR) is 114 cm³/mol. The molecule has 0 spiro atoms. The molecule has 1 fully saturated rings. The second kappa shape index (κ2) is 7.78. The summed E-state index contributed by atoms with van der Waals surface area (Å²) in [6.45, 7) is -0.430. The first-order chi connectivity index (χ1) is 16.6. The maximum Gasteiger partial charge on any atom is 0.348 e. The molecule has 186 valence electrons. The lowest BCUT2D eigenvalue weighted by Crippen LogP contribution is -2.54. The van der Waals surface area contributed by atoms with Crippen LogP contribution in [-0.2, 0) is 4.74 Å². The number of ether oxygens (including phenoxy) is 4. The summed E-state index contributed by atoms with van der Waals surface area (Å²) < 4.78 is 31.4. The van der Waals surface area contributed by atoms with Gasteiger partial charge in [0.15, 0.2) is 22.7 Å². The van der Waals surface area contributed by atoms with E-state index in [2.05, 4.69) is 0 Å². The van der Waals surface area contributed by atoms with Crippen LogP contribution in [0.2, 0.25) is 0 Å². The second-order valence-corrected chi connectivity index (χ2v) is 7.75. The summed E-state index contributed by atoms with van der Waals surface area (Å²) in [5.41, 5.74) is -3.43. The lowest BCUT2D eigenvalue weighted by Gasteiger charge is -2.35. The number of benzene rings is 2. The quantitative estimate of drug-likeness (QED) is 0.119. The molecule has 0 amide bonds. The van der Waals surface area contributed by atoms with Crippen molar-refractivity contribution in [2.45, 2.75) is 24.6 Å². The highest BCUT2D eigenvalue weighted by atomic mass is 16.7. The summed E-state index contributed by atoms with van der Waals surface area (Å²) >= 11 is 0. The molecule has 1 saturated heterocycles. The van der Waals surface area contributed by atoms with Gasteiger partial charge >= 0.3 is 11.3 Å². The normalized spacial score (nSPS) is 22.8. The molecule has 2 aromatic heterocycles. The number of methoxy groups -OCH3 is 2. The van der Waals surface area contributed by atoms with Gasteiger partial charge in [0.25, 0.3) is 0 Å². The molecule has 1 aliphatic heterocycles. The number of rotatable bonds is 4. The van der Waals surface area contributed by atoms with Crippen LogP contribution in [0, 0.1) is 0 Å². The topological polar surface area (TPSA) is 219 Å². The molecule has 4 aromatic rings. The van der Waals surface area contributed by atoms with Crippen molar-refractivity contribution in [3.8, 4) is 34.5 Å². The van der Waals surface area contributed by atoms with Gasteiger partial charge in [0.1, 0.15) is 29.1 Å². The van der Waals surface area contributed by atoms with Crippen LogP contribution in [0.15, 0.2) is 18.4 Å². The van der Waals surface area contributed by atoms with Gasteiger partial charge in [-0.05, 0) is 0 Å². The first-order valence-corrected chi connectivity index (χ1v) is 10.0. The Kier molecular flexibility index (Phi) is 5.06. The van der Waals surface area contributed by atoms with Crippen LogP contribution in [-0.4, -0.2) is 76.1 Å². The highest BCUT2D eigenvalue weighted by molar-refractivity contribution is 6.25. The van der Waals surface area contributed by atoms with Gasteiger partial charge < -0.3 is 58.4 Å². The van der Waals surface area contributed by atoms with Crippen molar-refractivity contribution in [1.82, 2.24) is 0 Å². The molecular weight excluding hydrogens is 476 g/mol. The summed E-state index contributed by atoms with van der Waals surface area (Å²) in [5.74, 6) is -4.14. The highest BCUT2D eigenvalue weighted by Crippen LogP contribution is 2.53. The van der Waals surface area contributed by atoms with Crippen LogP contribution in [0.3, 0.4) is 0 Å². The number of phenols is 3. The maximum atomic E-state index is 13.0. The Balaban J connectivity index is 1.89. The fourth-order valence-corrected chi connectivity index (χ4v) is 4.20. The van der Waals surface area contributed by atoms with Gasteiger partial charge in [0, 0.05) is 0 Å². The molecule has 0 saturated carbocycles. The second-order valence-electron chi connectivity index (χ2n) is 7.75. The Labute approximate surface area is 192 Å². The minimum atomic E-state index is -1.78. The van der Waals surface area contributed by atoms with Gasteiger partial charge in [-0.25, -0.2) is 9.59 Å². The maximum absolute atomic E-state index is 13.0. The minimum absolute atomic E-state index is 0.217. The average molecular weight is 494 g/mol. The molecule has 14 nitrogen and oxygen atoms in total. The van der Waals surface area contributed by atoms with Crippen LogP contribution >= 0.6 is 0 Å². The predicted octanol–water partition coefficient (Wildman–Crippen LogP) is -0.558. The Morgan fingerprint density at radius 2 is 1.26 bits per heavy atom. The molecule has 3 heterocycles. The van der Waals surface area contributed by atoms with E-state index in [9.17, 15) is 40.2 Å². The van der Waals surface area contributed by atoms with E-state index in [4.69, 9.17) is 27.8 Å². The van der Waals surface area contributed by atoms with Gasteiger partial charge in [0.2, 0.25) is 29.3 Å². The number of phenolic OH excluding ortho intramolecular Hbond substituents is 3. The van der Waals surface area contributed by atoms with Crippen molar-refractivity contribution in [1.29, 1.82) is 0 Å². The number of aliphatic hydroxyl groups excluding tert-OH is 3. The molecule has 0 bridgehead atoms. The van der Waals surface area contributed by atoms with Crippen molar-refractivity contribution in [3.05, 3.63) is 20.8 Å². The van der Waals surface area contributed by atoms with Gasteiger partial charge in [-0.15, -0.1) is 0 Å². The lowest BCUT2D eigenvalue weighted by atomic mass is 10.00. The van der Waals surface area contributed by atoms with Gasteiger partial charge in [-0.2, -0.15) is 0 Å². The summed E-state index contributed by atoms with van der Waals surface area (Å²) in [6.07, 6.45) is -6.48. The highest BCUT2D eigenvalue weighted by Gasteiger charge is 2.41. The number of aliphatic hydroxyl groups is 3. The summed E-state index contributed by atoms with van der Waals surface area (Å²) in [6, 6.07) is 0. The van der Waals surface area contributed by atoms with Crippen LogP contribution in [0.4, 0.5) is 0 Å². The van der Waals surface area contributed by atoms with E-state index in [0.717, 1.165) is 14.2 Å². The van der Waals surface area contributed by atoms with Crippen molar-refractivity contribution in [2.24, 2.45) is 0 Å². The van der Waals surface area contributed by atoms with Crippen molar-refractivity contribution in [2.75, 3.05) is 20.8 Å². The van der Waals surface area contributed by atoms with E-state index in [0.29, 0.717) is 0 Å². The molecular formula is C21H18O14. The van der Waals surface area contributed by atoms with Crippen molar-refractivity contribution < 1.29 is 58.4 Å². The van der Waals surface area contributed by atoms with E-state index < -0.39 is 98.9 Å². The monoisotopic (exact) mass is 494 g/mol. The number of hydrogen-bond donors (Lipinski definition) is 6. The fourth-order valence-electron chi connectivity index (χ4n) is 4.20. The molecule has 0 radical (unpaired) electrons. The smallest absolute Gasteiger partial charge is 0.348 e. The van der Waals surface area contributed by atoms with Gasteiger partial charge in [0.05, 0.1) is 31.6 Å². The van der Waals surface area contributed by atoms with E-state index in [1.54, 1.807) is 0 Å². The molecule has 2 aromatic carbocycles. The molecule has 5 rings (SSSR count).